The predicted octanol–water partition coefficient (Wildman–Crippen LogP) is 6.27. The lowest BCUT2D eigenvalue weighted by Gasteiger charge is -2.08. The minimum absolute atomic E-state index is 0.0869. The number of nitrogens with zero attached hydrogens (tertiary/aromatic N) is 3. The van der Waals surface area contributed by atoms with Crippen LogP contribution in [0.4, 0.5) is 10.1 Å². The van der Waals surface area contributed by atoms with Gasteiger partial charge in [-0.3, -0.25) is 19.9 Å². The average molecular weight is 507 g/mol. The maximum absolute atomic E-state index is 14.0. The lowest BCUT2D eigenvalue weighted by Crippen LogP contribution is -2.17. The number of phenolic OH excluding ortho intramolecular Hbond substituents is 1. The van der Waals surface area contributed by atoms with Gasteiger partial charge < -0.3 is 15.4 Å². The Morgan fingerprint density at radius 3 is 2.66 bits per heavy atom. The number of phenols is 1. The molecule has 4 heterocycles. The van der Waals surface area contributed by atoms with E-state index in [1.165, 1.54) is 12.1 Å². The molecule has 0 aliphatic heterocycles. The van der Waals surface area contributed by atoms with Crippen LogP contribution in [0.3, 0.4) is 0 Å². The van der Waals surface area contributed by atoms with Gasteiger partial charge in [-0.2, -0.15) is 5.10 Å². The summed E-state index contributed by atoms with van der Waals surface area (Å²) in [7, 11) is 0. The van der Waals surface area contributed by atoms with Gasteiger partial charge in [-0.05, 0) is 47.5 Å². The summed E-state index contributed by atoms with van der Waals surface area (Å²) in [6.45, 7) is 3.66. The molecule has 6 aromatic rings. The molecule has 0 atom stereocenters. The number of rotatable bonds is 5. The number of fused-ring (bicyclic) bond motifs is 2. The summed E-state index contributed by atoms with van der Waals surface area (Å²) in [5.41, 5.74) is 6.48. The Bertz CT molecular complexity index is 1820. The maximum Gasteiger partial charge on any atom is 0.226 e. The fraction of sp³-hybridized carbons (Fsp3) is 0.103. The van der Waals surface area contributed by atoms with E-state index in [9.17, 15) is 14.3 Å². The molecule has 0 unspecified atom stereocenters. The number of amides is 1. The first kappa shape index (κ1) is 23.4. The molecule has 0 radical (unpaired) electrons. The number of H-pyrrole nitrogens is 2. The normalized spacial score (nSPS) is 11.5. The van der Waals surface area contributed by atoms with Crippen LogP contribution < -0.4 is 5.32 Å². The van der Waals surface area contributed by atoms with Crippen molar-refractivity contribution >= 4 is 33.4 Å². The monoisotopic (exact) mass is 506 g/mol. The molecule has 188 valence electrons. The van der Waals surface area contributed by atoms with E-state index < -0.39 is 5.82 Å². The minimum Gasteiger partial charge on any atom is -0.508 e. The second kappa shape index (κ2) is 9.11. The number of nitrogens with one attached hydrogen (secondary N) is 3. The van der Waals surface area contributed by atoms with Gasteiger partial charge in [0.05, 0.1) is 35.0 Å². The standard InChI is InChI=1S/C29H23FN6O2/c1-15(2)29(38)33-19-7-17(12-31-13-19)25-11-23-27(14-32-25)35-36-28(23)26-10-22-21(4-3-5-24(22)34-26)16-6-18(30)9-20(37)8-16/h3-15,34,37H,1-2H3,(H,33,38)(H,35,36). The number of aromatic hydroxyl groups is 1. The molecule has 4 aromatic heterocycles. The van der Waals surface area contributed by atoms with Gasteiger partial charge >= 0.3 is 0 Å². The highest BCUT2D eigenvalue weighted by molar-refractivity contribution is 6.01. The number of hydrogen-bond donors (Lipinski definition) is 4. The van der Waals surface area contributed by atoms with Gasteiger partial charge in [0.15, 0.2) is 0 Å². The molecule has 1 amide bonds. The smallest absolute Gasteiger partial charge is 0.226 e. The third-order valence-corrected chi connectivity index (χ3v) is 6.39. The van der Waals surface area contributed by atoms with Gasteiger partial charge in [-0.15, -0.1) is 0 Å². The Morgan fingerprint density at radius 1 is 0.974 bits per heavy atom. The number of anilines is 1. The van der Waals surface area contributed by atoms with Crippen LogP contribution in [-0.2, 0) is 4.79 Å². The fourth-order valence-corrected chi connectivity index (χ4v) is 4.48. The summed E-state index contributed by atoms with van der Waals surface area (Å²) in [4.78, 5) is 24.4. The van der Waals surface area contributed by atoms with Crippen LogP contribution in [-0.4, -0.2) is 36.2 Å². The summed E-state index contributed by atoms with van der Waals surface area (Å²) < 4.78 is 14.0. The number of aromatic amines is 2. The highest BCUT2D eigenvalue weighted by Crippen LogP contribution is 2.36. The zero-order valence-electron chi connectivity index (χ0n) is 20.6. The Hall–Kier alpha value is -5.05. The van der Waals surface area contributed by atoms with E-state index in [1.807, 2.05) is 50.2 Å². The second-order valence-corrected chi connectivity index (χ2v) is 9.44. The van der Waals surface area contributed by atoms with Gasteiger partial charge in [-0.25, -0.2) is 4.39 Å². The van der Waals surface area contributed by atoms with Gasteiger partial charge in [0.2, 0.25) is 5.91 Å². The second-order valence-electron chi connectivity index (χ2n) is 9.44. The molecule has 0 saturated heterocycles. The third kappa shape index (κ3) is 4.24. The molecule has 8 nitrogen and oxygen atoms in total. The van der Waals surface area contributed by atoms with E-state index in [1.54, 1.807) is 18.6 Å². The Balaban J connectivity index is 1.42. The molecular weight excluding hydrogens is 483 g/mol. The van der Waals surface area contributed by atoms with E-state index in [-0.39, 0.29) is 17.6 Å². The lowest BCUT2D eigenvalue weighted by atomic mass is 10.0. The van der Waals surface area contributed by atoms with Crippen LogP contribution in [0.25, 0.3) is 55.6 Å². The first-order chi connectivity index (χ1) is 18.4. The fourth-order valence-electron chi connectivity index (χ4n) is 4.48. The minimum atomic E-state index is -0.506. The highest BCUT2D eigenvalue weighted by Gasteiger charge is 2.16. The number of hydrogen-bond acceptors (Lipinski definition) is 5. The topological polar surface area (TPSA) is 120 Å². The molecule has 0 aliphatic carbocycles. The molecule has 6 rings (SSSR count). The van der Waals surface area contributed by atoms with Gasteiger partial charge in [-0.1, -0.05) is 26.0 Å². The maximum atomic E-state index is 14.0. The van der Waals surface area contributed by atoms with Gasteiger partial charge in [0.1, 0.15) is 17.3 Å². The summed E-state index contributed by atoms with van der Waals surface area (Å²) in [5, 5.41) is 22.1. The number of carbonyl (C=O) groups is 1. The van der Waals surface area contributed by atoms with Crippen molar-refractivity contribution in [3.63, 3.8) is 0 Å². The van der Waals surface area contributed by atoms with E-state index >= 15 is 0 Å². The molecule has 0 bridgehead atoms. The highest BCUT2D eigenvalue weighted by atomic mass is 19.1. The summed E-state index contributed by atoms with van der Waals surface area (Å²) >= 11 is 0. The number of benzene rings is 2. The van der Waals surface area contributed by atoms with Crippen LogP contribution in [0.1, 0.15) is 13.8 Å². The Morgan fingerprint density at radius 2 is 1.84 bits per heavy atom. The zero-order chi connectivity index (χ0) is 26.4. The number of halogens is 1. The molecule has 4 N–H and O–H groups in total. The van der Waals surface area contributed by atoms with Crippen LogP contribution in [0, 0.1) is 11.7 Å². The van der Waals surface area contributed by atoms with Crippen molar-refractivity contribution in [3.8, 4) is 39.5 Å². The van der Waals surface area contributed by atoms with E-state index in [2.05, 4.69) is 30.5 Å². The average Bonchev–Trinajstić information content (AvgIpc) is 3.51. The molecule has 0 saturated carbocycles. The SMILES string of the molecule is CC(C)C(=O)Nc1cncc(-c2cc3c(-c4cc5c(-c6cc(O)cc(F)c6)cccc5[nH]4)n[nH]c3cn2)c1. The number of carbonyl (C=O) groups excluding carboxylic acids is 1. The van der Waals surface area contributed by atoms with Crippen LogP contribution in [0.15, 0.2) is 73.2 Å². The third-order valence-electron chi connectivity index (χ3n) is 6.39. The van der Waals surface area contributed by atoms with Crippen LogP contribution >= 0.6 is 0 Å². The first-order valence-electron chi connectivity index (χ1n) is 12.1. The van der Waals surface area contributed by atoms with Crippen molar-refractivity contribution in [1.29, 1.82) is 0 Å². The van der Waals surface area contributed by atoms with Gasteiger partial charge in [0, 0.05) is 40.0 Å². The quantitative estimate of drug-likeness (QED) is 0.220. The van der Waals surface area contributed by atoms with Crippen molar-refractivity contribution in [2.24, 2.45) is 5.92 Å². The number of aromatic nitrogens is 5. The molecule has 0 fully saturated rings. The largest absolute Gasteiger partial charge is 0.508 e. The van der Waals surface area contributed by atoms with Crippen molar-refractivity contribution in [3.05, 3.63) is 79.0 Å². The molecule has 0 spiro atoms. The molecule has 38 heavy (non-hydrogen) atoms. The molecule has 0 aliphatic rings. The van der Waals surface area contributed by atoms with Crippen molar-refractivity contribution < 1.29 is 14.3 Å². The zero-order valence-corrected chi connectivity index (χ0v) is 20.6. The van der Waals surface area contributed by atoms with Crippen molar-refractivity contribution in [2.75, 3.05) is 5.32 Å². The Kier molecular flexibility index (Phi) is 5.60. The molecule has 9 heteroatoms. The van der Waals surface area contributed by atoms with Crippen LogP contribution in [0.5, 0.6) is 5.75 Å². The summed E-state index contributed by atoms with van der Waals surface area (Å²) in [6, 6.07) is 15.4. The van der Waals surface area contributed by atoms with E-state index in [0.29, 0.717) is 22.6 Å². The van der Waals surface area contributed by atoms with Crippen molar-refractivity contribution in [1.82, 2.24) is 25.1 Å². The number of pyridine rings is 2. The summed E-state index contributed by atoms with van der Waals surface area (Å²) in [5.74, 6) is -0.872. The van der Waals surface area contributed by atoms with E-state index in [4.69, 9.17) is 0 Å². The molecular formula is C29H23FN6O2. The van der Waals surface area contributed by atoms with Crippen LogP contribution in [0.2, 0.25) is 0 Å². The van der Waals surface area contributed by atoms with Crippen molar-refractivity contribution in [2.45, 2.75) is 13.8 Å². The first-order valence-corrected chi connectivity index (χ1v) is 12.1. The van der Waals surface area contributed by atoms with Gasteiger partial charge in [0.25, 0.3) is 0 Å². The predicted molar refractivity (Wildman–Crippen MR) is 145 cm³/mol. The molecule has 2 aromatic carbocycles. The Labute approximate surface area is 216 Å². The lowest BCUT2D eigenvalue weighted by molar-refractivity contribution is -0.118. The summed E-state index contributed by atoms with van der Waals surface area (Å²) in [6.07, 6.45) is 5.01. The van der Waals surface area contributed by atoms with E-state index in [0.717, 1.165) is 44.7 Å².